The molecule has 0 amide bonds. The number of rotatable bonds is 4. The van der Waals surface area contributed by atoms with Crippen LogP contribution in [0.5, 0.6) is 5.75 Å². The number of halogens is 2. The van der Waals surface area contributed by atoms with E-state index in [9.17, 15) is 9.18 Å². The van der Waals surface area contributed by atoms with Crippen LogP contribution in [-0.2, 0) is 11.2 Å². The standard InChI is InChI=1S/C10H10ClFO2/c1-2-14-10-6-8(11)9(12)5-7(10)3-4-13/h4-6H,2-3H2,1H3. The highest BCUT2D eigenvalue weighted by atomic mass is 35.5. The predicted molar refractivity (Wildman–Crippen MR) is 52.3 cm³/mol. The van der Waals surface area contributed by atoms with E-state index >= 15 is 0 Å². The van der Waals surface area contributed by atoms with Crippen LogP contribution in [-0.4, -0.2) is 12.9 Å². The molecule has 0 aliphatic carbocycles. The molecule has 2 nitrogen and oxygen atoms in total. The van der Waals surface area contributed by atoms with Crippen molar-refractivity contribution in [3.8, 4) is 5.75 Å². The van der Waals surface area contributed by atoms with Crippen LogP contribution in [0.2, 0.25) is 5.02 Å². The van der Waals surface area contributed by atoms with E-state index in [4.69, 9.17) is 16.3 Å². The third-order valence-electron chi connectivity index (χ3n) is 1.71. The molecule has 0 bridgehead atoms. The van der Waals surface area contributed by atoms with E-state index in [1.54, 1.807) is 0 Å². The fourth-order valence-corrected chi connectivity index (χ4v) is 1.26. The van der Waals surface area contributed by atoms with Crippen LogP contribution >= 0.6 is 11.6 Å². The number of benzene rings is 1. The summed E-state index contributed by atoms with van der Waals surface area (Å²) in [6.07, 6.45) is 0.828. The summed E-state index contributed by atoms with van der Waals surface area (Å²) in [7, 11) is 0. The first kappa shape index (κ1) is 11.0. The summed E-state index contributed by atoms with van der Waals surface area (Å²) in [5.74, 6) is -0.0713. The van der Waals surface area contributed by atoms with E-state index in [2.05, 4.69) is 0 Å². The number of hydrogen-bond acceptors (Lipinski definition) is 2. The number of aldehydes is 1. The minimum absolute atomic E-state index is 0.00287. The normalized spacial score (nSPS) is 9.93. The Morgan fingerprint density at radius 2 is 2.29 bits per heavy atom. The van der Waals surface area contributed by atoms with Gasteiger partial charge in [0.25, 0.3) is 0 Å². The van der Waals surface area contributed by atoms with Gasteiger partial charge in [0.2, 0.25) is 0 Å². The van der Waals surface area contributed by atoms with Crippen LogP contribution in [0, 0.1) is 5.82 Å². The molecule has 0 heterocycles. The van der Waals surface area contributed by atoms with Gasteiger partial charge in [0.15, 0.2) is 0 Å². The minimum Gasteiger partial charge on any atom is -0.494 e. The van der Waals surface area contributed by atoms with Crippen molar-refractivity contribution >= 4 is 17.9 Å². The smallest absolute Gasteiger partial charge is 0.142 e. The topological polar surface area (TPSA) is 26.3 Å². The molecule has 0 N–H and O–H groups in total. The molecule has 0 aliphatic heterocycles. The molecule has 14 heavy (non-hydrogen) atoms. The number of carbonyl (C=O) groups excluding carboxylic acids is 1. The number of hydrogen-bond donors (Lipinski definition) is 0. The second kappa shape index (κ2) is 4.96. The van der Waals surface area contributed by atoms with Crippen molar-refractivity contribution < 1.29 is 13.9 Å². The van der Waals surface area contributed by atoms with Gasteiger partial charge >= 0.3 is 0 Å². The van der Waals surface area contributed by atoms with Crippen LogP contribution in [0.4, 0.5) is 4.39 Å². The SMILES string of the molecule is CCOc1cc(Cl)c(F)cc1CC=O. The molecular formula is C10H10ClFO2. The summed E-state index contributed by atoms with van der Waals surface area (Å²) in [5, 5.41) is 0.00287. The monoisotopic (exact) mass is 216 g/mol. The van der Waals surface area contributed by atoms with Gasteiger partial charge in [-0.3, -0.25) is 0 Å². The average Bonchev–Trinajstić information content (AvgIpc) is 2.14. The third-order valence-corrected chi connectivity index (χ3v) is 2.00. The van der Waals surface area contributed by atoms with Gasteiger partial charge < -0.3 is 9.53 Å². The molecule has 0 aromatic heterocycles. The van der Waals surface area contributed by atoms with Gasteiger partial charge in [0.1, 0.15) is 17.9 Å². The Bertz CT molecular complexity index is 339. The lowest BCUT2D eigenvalue weighted by Crippen LogP contribution is -1.98. The van der Waals surface area contributed by atoms with E-state index in [1.165, 1.54) is 12.1 Å². The fraction of sp³-hybridized carbons (Fsp3) is 0.300. The molecule has 0 radical (unpaired) electrons. The van der Waals surface area contributed by atoms with Crippen LogP contribution in [0.3, 0.4) is 0 Å². The molecule has 0 spiro atoms. The maximum Gasteiger partial charge on any atom is 0.142 e. The molecule has 76 valence electrons. The van der Waals surface area contributed by atoms with Crippen LogP contribution < -0.4 is 4.74 Å². The number of carbonyl (C=O) groups is 1. The maximum atomic E-state index is 13.0. The predicted octanol–water partition coefficient (Wildman–Crippen LogP) is 2.62. The molecule has 0 saturated heterocycles. The Labute approximate surface area is 86.6 Å². The van der Waals surface area contributed by atoms with Crippen molar-refractivity contribution in [2.45, 2.75) is 13.3 Å². The molecule has 0 fully saturated rings. The van der Waals surface area contributed by atoms with Gasteiger partial charge in [-0.1, -0.05) is 11.6 Å². The maximum absolute atomic E-state index is 13.0. The van der Waals surface area contributed by atoms with E-state index in [-0.39, 0.29) is 11.4 Å². The lowest BCUT2D eigenvalue weighted by Gasteiger charge is -2.08. The largest absolute Gasteiger partial charge is 0.494 e. The first-order valence-electron chi connectivity index (χ1n) is 4.23. The van der Waals surface area contributed by atoms with Crippen LogP contribution in [0.25, 0.3) is 0 Å². The summed E-state index contributed by atoms with van der Waals surface area (Å²) >= 11 is 5.58. The van der Waals surface area contributed by atoms with Crippen LogP contribution in [0.1, 0.15) is 12.5 Å². The van der Waals surface area contributed by atoms with Crippen molar-refractivity contribution in [3.63, 3.8) is 0 Å². The van der Waals surface area contributed by atoms with Crippen molar-refractivity contribution in [2.75, 3.05) is 6.61 Å². The van der Waals surface area contributed by atoms with E-state index < -0.39 is 5.82 Å². The quantitative estimate of drug-likeness (QED) is 0.724. The van der Waals surface area contributed by atoms with E-state index in [0.717, 1.165) is 0 Å². The lowest BCUT2D eigenvalue weighted by molar-refractivity contribution is -0.107. The molecule has 0 atom stereocenters. The highest BCUT2D eigenvalue weighted by Crippen LogP contribution is 2.26. The lowest BCUT2D eigenvalue weighted by atomic mass is 10.1. The van der Waals surface area contributed by atoms with Gasteiger partial charge in [-0.2, -0.15) is 0 Å². The Morgan fingerprint density at radius 1 is 1.57 bits per heavy atom. The minimum atomic E-state index is -0.535. The zero-order valence-electron chi connectivity index (χ0n) is 7.72. The zero-order chi connectivity index (χ0) is 10.6. The Kier molecular flexibility index (Phi) is 3.89. The molecule has 0 saturated carbocycles. The van der Waals surface area contributed by atoms with E-state index in [1.807, 2.05) is 6.92 Å². The summed E-state index contributed by atoms with van der Waals surface area (Å²) in [5.41, 5.74) is 0.517. The Balaban J connectivity index is 3.09. The highest BCUT2D eigenvalue weighted by molar-refractivity contribution is 6.30. The van der Waals surface area contributed by atoms with Gasteiger partial charge in [-0.15, -0.1) is 0 Å². The van der Waals surface area contributed by atoms with Crippen molar-refractivity contribution in [3.05, 3.63) is 28.5 Å². The Morgan fingerprint density at radius 3 is 2.86 bits per heavy atom. The second-order valence-corrected chi connectivity index (χ2v) is 3.09. The fourth-order valence-electron chi connectivity index (χ4n) is 1.11. The van der Waals surface area contributed by atoms with Crippen LogP contribution in [0.15, 0.2) is 12.1 Å². The highest BCUT2D eigenvalue weighted by Gasteiger charge is 2.08. The molecule has 1 aromatic rings. The van der Waals surface area contributed by atoms with E-state index in [0.29, 0.717) is 24.2 Å². The van der Waals surface area contributed by atoms with Crippen molar-refractivity contribution in [1.29, 1.82) is 0 Å². The first-order chi connectivity index (χ1) is 6.69. The first-order valence-corrected chi connectivity index (χ1v) is 4.61. The van der Waals surface area contributed by atoms with Crippen molar-refractivity contribution in [1.82, 2.24) is 0 Å². The van der Waals surface area contributed by atoms with Gasteiger partial charge in [-0.25, -0.2) is 4.39 Å². The molecular weight excluding hydrogens is 207 g/mol. The molecule has 1 rings (SSSR count). The summed E-state index contributed by atoms with van der Waals surface area (Å²) in [4.78, 5) is 10.3. The summed E-state index contributed by atoms with van der Waals surface area (Å²) in [6, 6.07) is 2.61. The van der Waals surface area contributed by atoms with Crippen molar-refractivity contribution in [2.24, 2.45) is 0 Å². The molecule has 1 aromatic carbocycles. The van der Waals surface area contributed by atoms with Gasteiger partial charge in [0.05, 0.1) is 11.6 Å². The number of ether oxygens (including phenoxy) is 1. The zero-order valence-corrected chi connectivity index (χ0v) is 8.47. The average molecular weight is 217 g/mol. The molecule has 0 unspecified atom stereocenters. The summed E-state index contributed by atoms with van der Waals surface area (Å²) in [6.45, 7) is 2.26. The third kappa shape index (κ3) is 2.45. The van der Waals surface area contributed by atoms with Gasteiger partial charge in [0, 0.05) is 18.1 Å². The van der Waals surface area contributed by atoms with Gasteiger partial charge in [-0.05, 0) is 13.0 Å². The summed E-state index contributed by atoms with van der Waals surface area (Å²) < 4.78 is 18.2. The molecule has 0 aliphatic rings. The second-order valence-electron chi connectivity index (χ2n) is 2.68. The Hall–Kier alpha value is -1.09. The molecule has 4 heteroatoms.